The maximum absolute atomic E-state index is 14.3. The average Bonchev–Trinajstić information content (AvgIpc) is 3.60. The minimum absolute atomic E-state index is 0.00911. The summed E-state index contributed by atoms with van der Waals surface area (Å²) < 4.78 is 81.3. The lowest BCUT2D eigenvalue weighted by Crippen LogP contribution is -2.50. The number of anilines is 1. The van der Waals surface area contributed by atoms with Gasteiger partial charge in [0.25, 0.3) is 5.91 Å². The molecule has 3 aromatic rings. The van der Waals surface area contributed by atoms with Crippen molar-refractivity contribution in [3.8, 4) is 0 Å². The van der Waals surface area contributed by atoms with Crippen LogP contribution in [0.1, 0.15) is 76.7 Å². The number of allylic oxidation sites excluding steroid dienone is 1. The zero-order valence-electron chi connectivity index (χ0n) is 23.6. The molecule has 43 heavy (non-hydrogen) atoms. The number of rotatable bonds is 4. The van der Waals surface area contributed by atoms with E-state index in [2.05, 4.69) is 53.6 Å². The lowest BCUT2D eigenvalue weighted by molar-refractivity contribution is -0.138. The number of carbonyl (C=O) groups is 1. The second-order valence-corrected chi connectivity index (χ2v) is 12.1. The number of halogens is 6. The van der Waals surface area contributed by atoms with Gasteiger partial charge in [0.1, 0.15) is 0 Å². The van der Waals surface area contributed by atoms with E-state index in [1.165, 1.54) is 23.3 Å². The third kappa shape index (κ3) is 5.59. The Bertz CT molecular complexity index is 1540. The van der Waals surface area contributed by atoms with Crippen molar-refractivity contribution < 1.29 is 31.1 Å². The molecule has 0 bridgehead atoms. The van der Waals surface area contributed by atoms with Gasteiger partial charge in [0.2, 0.25) is 0 Å². The first-order chi connectivity index (χ1) is 20.3. The Balaban J connectivity index is 1.14. The van der Waals surface area contributed by atoms with Gasteiger partial charge in [0.15, 0.2) is 0 Å². The Morgan fingerprint density at radius 1 is 0.930 bits per heavy atom. The topological polar surface area (TPSA) is 32.3 Å². The highest BCUT2D eigenvalue weighted by Gasteiger charge is 2.46. The number of alkyl halides is 6. The van der Waals surface area contributed by atoms with Gasteiger partial charge in [-0.2, -0.15) is 26.3 Å². The first-order valence-corrected chi connectivity index (χ1v) is 14.6. The summed E-state index contributed by atoms with van der Waals surface area (Å²) in [6.45, 7) is 4.04. The highest BCUT2D eigenvalue weighted by molar-refractivity contribution is 6.04. The highest BCUT2D eigenvalue weighted by atomic mass is 19.4. The van der Waals surface area contributed by atoms with E-state index in [4.69, 9.17) is 0 Å². The average molecular weight is 599 g/mol. The molecule has 3 aliphatic rings. The number of fused-ring (bicyclic) bond motifs is 2. The molecule has 226 valence electrons. The number of likely N-dealkylation sites (tertiary alicyclic amines) is 1. The van der Waals surface area contributed by atoms with Gasteiger partial charge in [-0.1, -0.05) is 49.4 Å². The van der Waals surface area contributed by atoms with Gasteiger partial charge < -0.3 is 10.2 Å². The fraction of sp³-hybridized carbons (Fsp3) is 0.382. The SMILES string of the molecule is C[C@H]1CN(C2CCC(c3ccc(NC(=O)c4ccc(C(F)(F)F)cc4)cc3C(F)(F)F)C2)CCC12C=Cc1ccccc12. The van der Waals surface area contributed by atoms with Crippen molar-refractivity contribution >= 4 is 17.7 Å². The molecule has 3 unspecified atom stereocenters. The van der Waals surface area contributed by atoms with Crippen molar-refractivity contribution in [2.24, 2.45) is 5.92 Å². The largest absolute Gasteiger partial charge is 0.416 e. The van der Waals surface area contributed by atoms with Crippen LogP contribution in [0.3, 0.4) is 0 Å². The van der Waals surface area contributed by atoms with Crippen molar-refractivity contribution in [2.45, 2.75) is 62.3 Å². The number of piperidine rings is 1. The van der Waals surface area contributed by atoms with Crippen LogP contribution in [0, 0.1) is 5.92 Å². The Morgan fingerprint density at radius 3 is 2.37 bits per heavy atom. The minimum Gasteiger partial charge on any atom is -0.322 e. The van der Waals surface area contributed by atoms with Crippen LogP contribution < -0.4 is 5.32 Å². The maximum Gasteiger partial charge on any atom is 0.416 e. The van der Waals surface area contributed by atoms with Gasteiger partial charge in [-0.15, -0.1) is 0 Å². The van der Waals surface area contributed by atoms with Crippen molar-refractivity contribution in [3.63, 3.8) is 0 Å². The Hall–Kier alpha value is -3.59. The van der Waals surface area contributed by atoms with Crippen LogP contribution in [0.15, 0.2) is 72.8 Å². The lowest BCUT2D eigenvalue weighted by atomic mass is 9.68. The number of hydrogen-bond donors (Lipinski definition) is 1. The number of benzene rings is 3. The molecule has 1 saturated heterocycles. The predicted molar refractivity (Wildman–Crippen MR) is 154 cm³/mol. The molecule has 3 aromatic carbocycles. The van der Waals surface area contributed by atoms with Crippen LogP contribution >= 0.6 is 0 Å². The fourth-order valence-corrected chi connectivity index (χ4v) is 7.38. The summed E-state index contributed by atoms with van der Waals surface area (Å²) in [4.78, 5) is 15.1. The molecule has 1 N–H and O–H groups in total. The second-order valence-electron chi connectivity index (χ2n) is 12.1. The van der Waals surface area contributed by atoms with E-state index in [0.29, 0.717) is 18.8 Å². The molecular formula is C34H32F6N2O. The zero-order valence-corrected chi connectivity index (χ0v) is 23.6. The molecule has 9 heteroatoms. The van der Waals surface area contributed by atoms with Gasteiger partial charge in [-0.05, 0) is 97.2 Å². The summed E-state index contributed by atoms with van der Waals surface area (Å²) in [7, 11) is 0. The third-order valence-electron chi connectivity index (χ3n) is 9.68. The van der Waals surface area contributed by atoms with Crippen LogP contribution in [0.5, 0.6) is 0 Å². The van der Waals surface area contributed by atoms with E-state index < -0.39 is 29.4 Å². The van der Waals surface area contributed by atoms with Crippen molar-refractivity contribution in [2.75, 3.05) is 18.4 Å². The van der Waals surface area contributed by atoms with Gasteiger partial charge in [0, 0.05) is 29.3 Å². The molecule has 2 aliphatic carbocycles. The fourth-order valence-electron chi connectivity index (χ4n) is 7.38. The number of carbonyl (C=O) groups excluding carboxylic acids is 1. The first-order valence-electron chi connectivity index (χ1n) is 14.6. The molecule has 1 amide bonds. The molecule has 3 nitrogen and oxygen atoms in total. The third-order valence-corrected chi connectivity index (χ3v) is 9.68. The number of nitrogens with one attached hydrogen (secondary N) is 1. The second kappa shape index (κ2) is 10.8. The maximum atomic E-state index is 14.3. The van der Waals surface area contributed by atoms with Crippen LogP contribution in [-0.4, -0.2) is 29.9 Å². The summed E-state index contributed by atoms with van der Waals surface area (Å²) in [6, 6.07) is 16.0. The summed E-state index contributed by atoms with van der Waals surface area (Å²) in [5.74, 6) is -0.676. The van der Waals surface area contributed by atoms with Crippen molar-refractivity contribution in [1.29, 1.82) is 0 Å². The van der Waals surface area contributed by atoms with E-state index in [9.17, 15) is 31.1 Å². The summed E-state index contributed by atoms with van der Waals surface area (Å²) in [5, 5.41) is 2.41. The van der Waals surface area contributed by atoms with Gasteiger partial charge >= 0.3 is 12.4 Å². The Kier molecular flexibility index (Phi) is 7.43. The quantitative estimate of drug-likeness (QED) is 0.304. The predicted octanol–water partition coefficient (Wildman–Crippen LogP) is 8.92. The molecule has 6 rings (SSSR count). The van der Waals surface area contributed by atoms with E-state index >= 15 is 0 Å². The first kappa shape index (κ1) is 29.5. The smallest absolute Gasteiger partial charge is 0.322 e. The standard InChI is InChI=1S/C34H32F6N2O/c1-21-20-42(17-16-32(21)15-14-22-4-2-3-5-29(22)32)27-12-8-24(18-27)28-13-11-26(19-30(28)34(38,39)40)41-31(43)23-6-9-25(10-7-23)33(35,36)37/h2-7,9-11,13-15,19,21,24,27H,8,12,16-18,20H2,1H3,(H,41,43)/t21-,24?,27?,32?/m0/s1. The van der Waals surface area contributed by atoms with E-state index in [1.807, 2.05) is 0 Å². The Morgan fingerprint density at radius 2 is 1.67 bits per heavy atom. The normalized spacial score (nSPS) is 25.7. The molecule has 0 radical (unpaired) electrons. The molecular weight excluding hydrogens is 566 g/mol. The van der Waals surface area contributed by atoms with Crippen LogP contribution in [0.25, 0.3) is 6.08 Å². The summed E-state index contributed by atoms with van der Waals surface area (Å²) in [5.41, 5.74) is 1.01. The molecule has 1 saturated carbocycles. The number of nitrogens with zero attached hydrogens (tertiary/aromatic N) is 1. The monoisotopic (exact) mass is 598 g/mol. The highest BCUT2D eigenvalue weighted by Crippen LogP contribution is 2.49. The molecule has 1 aliphatic heterocycles. The number of hydrogen-bond acceptors (Lipinski definition) is 2. The van der Waals surface area contributed by atoms with Gasteiger partial charge in [0.05, 0.1) is 11.1 Å². The molecule has 2 fully saturated rings. The molecule has 1 spiro atoms. The van der Waals surface area contributed by atoms with E-state index in [-0.39, 0.29) is 34.2 Å². The van der Waals surface area contributed by atoms with Crippen LogP contribution in [-0.2, 0) is 17.8 Å². The van der Waals surface area contributed by atoms with Crippen molar-refractivity contribution in [1.82, 2.24) is 4.90 Å². The van der Waals surface area contributed by atoms with Gasteiger partial charge in [-0.3, -0.25) is 4.79 Å². The number of amides is 1. The lowest BCUT2D eigenvalue weighted by Gasteiger charge is -2.46. The summed E-state index contributed by atoms with van der Waals surface area (Å²) in [6.07, 6.45) is -1.57. The molecule has 1 heterocycles. The van der Waals surface area contributed by atoms with Crippen LogP contribution in [0.2, 0.25) is 0 Å². The molecule has 4 atom stereocenters. The van der Waals surface area contributed by atoms with E-state index in [0.717, 1.165) is 56.3 Å². The zero-order chi connectivity index (χ0) is 30.6. The Labute approximate surface area is 246 Å². The van der Waals surface area contributed by atoms with Crippen molar-refractivity contribution in [3.05, 3.63) is 106 Å². The van der Waals surface area contributed by atoms with Gasteiger partial charge in [-0.25, -0.2) is 0 Å². The summed E-state index contributed by atoms with van der Waals surface area (Å²) >= 11 is 0. The minimum atomic E-state index is -4.63. The molecule has 0 aromatic heterocycles. The van der Waals surface area contributed by atoms with Crippen LogP contribution in [0.4, 0.5) is 32.0 Å². The van der Waals surface area contributed by atoms with E-state index in [1.54, 1.807) is 0 Å².